The summed E-state index contributed by atoms with van der Waals surface area (Å²) >= 11 is 1.44. The van der Waals surface area contributed by atoms with Crippen LogP contribution in [0.2, 0.25) is 0 Å². The molecule has 1 heterocycles. The van der Waals surface area contributed by atoms with Crippen LogP contribution >= 0.6 is 11.3 Å². The molecule has 3 atom stereocenters. The fourth-order valence-corrected chi connectivity index (χ4v) is 6.41. The summed E-state index contributed by atoms with van der Waals surface area (Å²) in [5.41, 5.74) is 2.74. The van der Waals surface area contributed by atoms with Gasteiger partial charge in [0.2, 0.25) is 16.9 Å². The molecule has 1 fully saturated rings. The Morgan fingerprint density at radius 3 is 1.98 bits per heavy atom. The van der Waals surface area contributed by atoms with E-state index in [4.69, 9.17) is 4.74 Å². The third-order valence-corrected chi connectivity index (χ3v) is 9.09. The first-order valence-corrected chi connectivity index (χ1v) is 17.0. The molecule has 0 bridgehead atoms. The van der Waals surface area contributed by atoms with E-state index >= 15 is 0 Å². The summed E-state index contributed by atoms with van der Waals surface area (Å²) in [5, 5.41) is 22.4. The fraction of sp³-hybridized carbons (Fsp3) is 0.361. The number of carbonyl (C=O) groups excluding carboxylic acids is 3. The third-order valence-electron chi connectivity index (χ3n) is 8.13. The predicted octanol–water partition coefficient (Wildman–Crippen LogP) is 5.73. The quantitative estimate of drug-likeness (QED) is 0.137. The van der Waals surface area contributed by atoms with Crippen LogP contribution in [0.4, 0.5) is 9.93 Å². The molecular weight excluding hydrogens is 613 g/mol. The van der Waals surface area contributed by atoms with Crippen molar-refractivity contribution in [2.45, 2.75) is 82.6 Å². The second-order valence-electron chi connectivity index (χ2n) is 11.9. The van der Waals surface area contributed by atoms with Crippen molar-refractivity contribution in [1.29, 1.82) is 0 Å². The molecule has 1 saturated carbocycles. The van der Waals surface area contributed by atoms with Gasteiger partial charge in [0, 0.05) is 12.5 Å². The van der Waals surface area contributed by atoms with Crippen LogP contribution < -0.4 is 21.3 Å². The van der Waals surface area contributed by atoms with Gasteiger partial charge in [0.25, 0.3) is 0 Å². The molecule has 1 aliphatic carbocycles. The van der Waals surface area contributed by atoms with Crippen LogP contribution in [0.15, 0.2) is 91.0 Å². The van der Waals surface area contributed by atoms with Gasteiger partial charge in [-0.1, -0.05) is 122 Å². The second-order valence-corrected chi connectivity index (χ2v) is 12.9. The number of carbonyl (C=O) groups is 3. The zero-order valence-electron chi connectivity index (χ0n) is 26.6. The van der Waals surface area contributed by atoms with Crippen molar-refractivity contribution in [2.24, 2.45) is 0 Å². The van der Waals surface area contributed by atoms with Gasteiger partial charge in [-0.15, -0.1) is 10.2 Å². The normalized spacial score (nSPS) is 15.1. The van der Waals surface area contributed by atoms with Crippen LogP contribution in [0.25, 0.3) is 0 Å². The Balaban J connectivity index is 1.27. The van der Waals surface area contributed by atoms with Crippen LogP contribution in [0, 0.1) is 0 Å². The molecule has 3 amide bonds. The molecule has 1 aliphatic rings. The maximum absolute atomic E-state index is 14.0. The Hall–Kier alpha value is -4.77. The Morgan fingerprint density at radius 1 is 0.745 bits per heavy atom. The summed E-state index contributed by atoms with van der Waals surface area (Å²) in [6.07, 6.45) is 5.92. The van der Waals surface area contributed by atoms with Crippen molar-refractivity contribution in [3.8, 4) is 0 Å². The summed E-state index contributed by atoms with van der Waals surface area (Å²) in [6.45, 7) is 1.63. The van der Waals surface area contributed by atoms with E-state index in [0.29, 0.717) is 17.5 Å². The first-order valence-electron chi connectivity index (χ1n) is 16.2. The lowest BCUT2D eigenvalue weighted by Gasteiger charge is -2.24. The molecular formula is C36H42N6O4S. The standard InChI is InChI=1S/C36H42N6O4S/c1-25(37-36(45)46-24-28-18-10-4-11-19-28)32(43)39-30(22-26-14-6-2-7-15-26)33(44)40-31(23-27-16-8-3-9-17-27)34-41-42-35(47-34)38-29-20-12-5-13-21-29/h2-4,6-11,14-19,25,29-31H,5,12-13,20-24H2,1H3,(H,37,45)(H,38,42)(H,39,43)(H,40,44)/t25-,30-,31-/m0/s1. The average molecular weight is 655 g/mol. The van der Waals surface area contributed by atoms with E-state index in [1.54, 1.807) is 6.92 Å². The van der Waals surface area contributed by atoms with Crippen LogP contribution in [-0.2, 0) is 33.8 Å². The third kappa shape index (κ3) is 10.6. The van der Waals surface area contributed by atoms with Crippen LogP contribution in [0.3, 0.4) is 0 Å². The minimum atomic E-state index is -0.943. The smallest absolute Gasteiger partial charge is 0.408 e. The number of amides is 3. The molecule has 11 heteroatoms. The monoisotopic (exact) mass is 654 g/mol. The van der Waals surface area contributed by atoms with Crippen LogP contribution in [0.1, 0.15) is 66.8 Å². The Bertz CT molecular complexity index is 1560. The van der Waals surface area contributed by atoms with Crippen LogP contribution in [-0.4, -0.2) is 46.2 Å². The highest BCUT2D eigenvalue weighted by Crippen LogP contribution is 2.28. The first kappa shape index (κ1) is 33.6. The molecule has 4 N–H and O–H groups in total. The Kier molecular flexibility index (Phi) is 12.3. The van der Waals surface area contributed by atoms with Gasteiger partial charge in [-0.2, -0.15) is 0 Å². The molecule has 0 spiro atoms. The summed E-state index contributed by atoms with van der Waals surface area (Å²) < 4.78 is 5.28. The van der Waals surface area contributed by atoms with E-state index in [2.05, 4.69) is 31.5 Å². The average Bonchev–Trinajstić information content (AvgIpc) is 3.57. The van der Waals surface area contributed by atoms with Crippen molar-refractivity contribution in [3.05, 3.63) is 113 Å². The number of ether oxygens (including phenoxy) is 1. The zero-order valence-corrected chi connectivity index (χ0v) is 27.4. The molecule has 1 aromatic heterocycles. The highest BCUT2D eigenvalue weighted by molar-refractivity contribution is 7.15. The van der Waals surface area contributed by atoms with Gasteiger partial charge in [-0.05, 0) is 42.9 Å². The van der Waals surface area contributed by atoms with Gasteiger partial charge in [0.15, 0.2) is 0 Å². The minimum Gasteiger partial charge on any atom is -0.445 e. The number of alkyl carbamates (subject to hydrolysis) is 1. The lowest BCUT2D eigenvalue weighted by molar-refractivity contribution is -0.130. The maximum atomic E-state index is 14.0. The number of nitrogens with one attached hydrogen (secondary N) is 4. The van der Waals surface area contributed by atoms with E-state index in [9.17, 15) is 14.4 Å². The van der Waals surface area contributed by atoms with Gasteiger partial charge >= 0.3 is 6.09 Å². The van der Waals surface area contributed by atoms with E-state index < -0.39 is 30.1 Å². The van der Waals surface area contributed by atoms with E-state index in [-0.39, 0.29) is 18.9 Å². The van der Waals surface area contributed by atoms with Gasteiger partial charge in [-0.25, -0.2) is 4.79 Å². The number of nitrogens with zero attached hydrogens (tertiary/aromatic N) is 2. The van der Waals surface area contributed by atoms with Crippen LogP contribution in [0.5, 0.6) is 0 Å². The summed E-state index contributed by atoms with van der Waals surface area (Å²) in [6, 6.07) is 26.7. The Morgan fingerprint density at radius 2 is 1.34 bits per heavy atom. The lowest BCUT2D eigenvalue weighted by Crippen LogP contribution is -2.54. The minimum absolute atomic E-state index is 0.0758. The second kappa shape index (κ2) is 17.2. The predicted molar refractivity (Wildman–Crippen MR) is 183 cm³/mol. The molecule has 5 rings (SSSR count). The van der Waals surface area contributed by atoms with Gasteiger partial charge in [-0.3, -0.25) is 9.59 Å². The molecule has 0 aliphatic heterocycles. The molecule has 0 saturated heterocycles. The number of hydrogen-bond acceptors (Lipinski definition) is 8. The van der Waals surface area contributed by atoms with Crippen molar-refractivity contribution >= 4 is 34.4 Å². The summed E-state index contributed by atoms with van der Waals surface area (Å²) in [5.74, 6) is -0.869. The summed E-state index contributed by atoms with van der Waals surface area (Å²) in [7, 11) is 0. The highest BCUT2D eigenvalue weighted by atomic mass is 32.1. The van der Waals surface area contributed by atoms with Crippen molar-refractivity contribution in [2.75, 3.05) is 5.32 Å². The molecule has 0 radical (unpaired) electrons. The van der Waals surface area contributed by atoms with Crippen molar-refractivity contribution in [3.63, 3.8) is 0 Å². The first-order chi connectivity index (χ1) is 22.9. The molecule has 246 valence electrons. The van der Waals surface area contributed by atoms with E-state index in [1.165, 1.54) is 30.6 Å². The fourth-order valence-electron chi connectivity index (χ4n) is 5.54. The largest absolute Gasteiger partial charge is 0.445 e. The summed E-state index contributed by atoms with van der Waals surface area (Å²) in [4.78, 5) is 39.7. The molecule has 10 nitrogen and oxygen atoms in total. The SMILES string of the molecule is C[C@H](NC(=O)OCc1ccccc1)C(=O)N[C@@H](Cc1ccccc1)C(=O)N[C@@H](Cc1ccccc1)c1nnc(NC2CCCCC2)s1. The molecule has 4 aromatic rings. The Labute approximate surface area is 279 Å². The number of anilines is 1. The highest BCUT2D eigenvalue weighted by Gasteiger charge is 2.29. The van der Waals surface area contributed by atoms with E-state index in [1.807, 2.05) is 91.0 Å². The van der Waals surface area contributed by atoms with Crippen molar-refractivity contribution < 1.29 is 19.1 Å². The molecule has 47 heavy (non-hydrogen) atoms. The number of hydrogen-bond donors (Lipinski definition) is 4. The van der Waals surface area contributed by atoms with Gasteiger partial charge in [0.05, 0.1) is 6.04 Å². The van der Waals surface area contributed by atoms with Crippen molar-refractivity contribution in [1.82, 2.24) is 26.1 Å². The topological polar surface area (TPSA) is 134 Å². The van der Waals surface area contributed by atoms with E-state index in [0.717, 1.165) is 34.7 Å². The number of rotatable bonds is 14. The number of benzene rings is 3. The zero-order chi connectivity index (χ0) is 32.8. The van der Waals surface area contributed by atoms with Gasteiger partial charge < -0.3 is 26.0 Å². The maximum Gasteiger partial charge on any atom is 0.408 e. The number of aromatic nitrogens is 2. The molecule has 3 aromatic carbocycles. The van der Waals surface area contributed by atoms with Gasteiger partial charge in [0.1, 0.15) is 23.7 Å². The lowest BCUT2D eigenvalue weighted by atomic mass is 9.96. The molecule has 0 unspecified atom stereocenters.